The molecular formula is C14H20BrN3O. The van der Waals surface area contributed by atoms with Crippen molar-refractivity contribution in [3.63, 3.8) is 0 Å². The lowest BCUT2D eigenvalue weighted by molar-refractivity contribution is -0.119. The lowest BCUT2D eigenvalue weighted by Crippen LogP contribution is -2.40. The molecule has 4 nitrogen and oxygen atoms in total. The molecule has 5 heteroatoms. The van der Waals surface area contributed by atoms with Crippen molar-refractivity contribution in [3.05, 3.63) is 28.2 Å². The second kappa shape index (κ2) is 6.39. The number of carbonyl (C=O) groups excluding carboxylic acids is 1. The molecule has 2 rings (SSSR count). The van der Waals surface area contributed by atoms with Gasteiger partial charge in [-0.1, -0.05) is 28.9 Å². The summed E-state index contributed by atoms with van der Waals surface area (Å²) in [6, 6.07) is 6.08. The van der Waals surface area contributed by atoms with Crippen LogP contribution in [-0.4, -0.2) is 25.0 Å². The molecule has 1 aliphatic heterocycles. The van der Waals surface area contributed by atoms with Gasteiger partial charge in [-0.3, -0.25) is 4.79 Å². The van der Waals surface area contributed by atoms with E-state index in [2.05, 4.69) is 51.3 Å². The SMILES string of the molecule is CCNCc1ccc(N2CCCC2C(N)=O)cc1Br. The maximum absolute atomic E-state index is 11.4. The summed E-state index contributed by atoms with van der Waals surface area (Å²) in [5.74, 6) is -0.231. The van der Waals surface area contributed by atoms with Crippen LogP contribution in [0.15, 0.2) is 22.7 Å². The predicted octanol–water partition coefficient (Wildman–Crippen LogP) is 2.01. The molecule has 1 heterocycles. The fourth-order valence-corrected chi connectivity index (χ4v) is 3.00. The number of benzene rings is 1. The Morgan fingerprint density at radius 1 is 1.58 bits per heavy atom. The van der Waals surface area contributed by atoms with Gasteiger partial charge in [-0.25, -0.2) is 0 Å². The van der Waals surface area contributed by atoms with Gasteiger partial charge in [-0.05, 0) is 37.1 Å². The smallest absolute Gasteiger partial charge is 0.240 e. The van der Waals surface area contributed by atoms with Gasteiger partial charge >= 0.3 is 0 Å². The van der Waals surface area contributed by atoms with Gasteiger partial charge in [0, 0.05) is 23.2 Å². The zero-order valence-corrected chi connectivity index (χ0v) is 12.7. The number of primary amides is 1. The zero-order chi connectivity index (χ0) is 13.8. The van der Waals surface area contributed by atoms with Crippen molar-refractivity contribution >= 4 is 27.5 Å². The summed E-state index contributed by atoms with van der Waals surface area (Å²) in [5, 5.41) is 3.30. The average molecular weight is 326 g/mol. The standard InChI is InChI=1S/C14H20BrN3O/c1-2-17-9-10-5-6-11(8-12(10)15)18-7-3-4-13(18)14(16)19/h5-6,8,13,17H,2-4,7,9H2,1H3,(H2,16,19). The van der Waals surface area contributed by atoms with E-state index in [1.807, 2.05) is 0 Å². The number of amides is 1. The second-order valence-corrected chi connectivity index (χ2v) is 5.66. The minimum Gasteiger partial charge on any atom is -0.368 e. The van der Waals surface area contributed by atoms with Crippen LogP contribution < -0.4 is 16.0 Å². The Kier molecular flexibility index (Phi) is 4.82. The van der Waals surface area contributed by atoms with Crippen LogP contribution in [0.2, 0.25) is 0 Å². The van der Waals surface area contributed by atoms with Gasteiger partial charge < -0.3 is 16.0 Å². The van der Waals surface area contributed by atoms with Gasteiger partial charge in [0.1, 0.15) is 6.04 Å². The third-order valence-corrected chi connectivity index (χ3v) is 4.25. The van der Waals surface area contributed by atoms with Crippen LogP contribution in [0.4, 0.5) is 5.69 Å². The van der Waals surface area contributed by atoms with Crippen LogP contribution in [0.1, 0.15) is 25.3 Å². The fraction of sp³-hybridized carbons (Fsp3) is 0.500. The van der Waals surface area contributed by atoms with Crippen molar-refractivity contribution in [2.75, 3.05) is 18.0 Å². The van der Waals surface area contributed by atoms with Gasteiger partial charge in [0.2, 0.25) is 5.91 Å². The summed E-state index contributed by atoms with van der Waals surface area (Å²) >= 11 is 3.60. The third kappa shape index (κ3) is 3.28. The summed E-state index contributed by atoms with van der Waals surface area (Å²) in [6.07, 6.45) is 1.87. The van der Waals surface area contributed by atoms with Crippen LogP contribution in [0.5, 0.6) is 0 Å². The maximum Gasteiger partial charge on any atom is 0.240 e. The Labute approximate surface area is 122 Å². The minimum atomic E-state index is -0.231. The van der Waals surface area contributed by atoms with Crippen molar-refractivity contribution in [2.45, 2.75) is 32.4 Å². The lowest BCUT2D eigenvalue weighted by atomic mass is 10.1. The molecule has 0 saturated carbocycles. The minimum absolute atomic E-state index is 0.161. The maximum atomic E-state index is 11.4. The summed E-state index contributed by atoms with van der Waals surface area (Å²) in [4.78, 5) is 13.5. The van der Waals surface area contributed by atoms with E-state index in [0.717, 1.165) is 42.6 Å². The number of hydrogen-bond donors (Lipinski definition) is 2. The fourth-order valence-electron chi connectivity index (χ4n) is 2.49. The highest BCUT2D eigenvalue weighted by atomic mass is 79.9. The van der Waals surface area contributed by atoms with Crippen LogP contribution in [-0.2, 0) is 11.3 Å². The van der Waals surface area contributed by atoms with Crippen molar-refractivity contribution < 1.29 is 4.79 Å². The molecule has 19 heavy (non-hydrogen) atoms. The van der Waals surface area contributed by atoms with Gasteiger partial charge in [-0.15, -0.1) is 0 Å². The number of nitrogens with two attached hydrogens (primary N) is 1. The van der Waals surface area contributed by atoms with E-state index in [1.54, 1.807) is 0 Å². The first kappa shape index (κ1) is 14.3. The molecule has 1 unspecified atom stereocenters. The van der Waals surface area contributed by atoms with Crippen molar-refractivity contribution in [1.82, 2.24) is 5.32 Å². The van der Waals surface area contributed by atoms with Crippen LogP contribution >= 0.6 is 15.9 Å². The molecule has 3 N–H and O–H groups in total. The first-order chi connectivity index (χ1) is 9.13. The predicted molar refractivity (Wildman–Crippen MR) is 81.1 cm³/mol. The number of anilines is 1. The Balaban J connectivity index is 2.17. The molecule has 0 bridgehead atoms. The van der Waals surface area contributed by atoms with Crippen molar-refractivity contribution in [1.29, 1.82) is 0 Å². The van der Waals surface area contributed by atoms with E-state index < -0.39 is 0 Å². The molecule has 1 atom stereocenters. The number of rotatable bonds is 5. The van der Waals surface area contributed by atoms with E-state index in [9.17, 15) is 4.79 Å². The second-order valence-electron chi connectivity index (χ2n) is 4.81. The number of nitrogens with zero attached hydrogens (tertiary/aromatic N) is 1. The van der Waals surface area contributed by atoms with E-state index in [-0.39, 0.29) is 11.9 Å². The van der Waals surface area contributed by atoms with Gasteiger partial charge in [0.25, 0.3) is 0 Å². The molecular weight excluding hydrogens is 306 g/mol. The topological polar surface area (TPSA) is 58.4 Å². The highest BCUT2D eigenvalue weighted by Crippen LogP contribution is 2.29. The molecule has 1 amide bonds. The quantitative estimate of drug-likeness (QED) is 0.870. The molecule has 1 aromatic carbocycles. The van der Waals surface area contributed by atoms with E-state index in [1.165, 1.54) is 5.56 Å². The van der Waals surface area contributed by atoms with Crippen molar-refractivity contribution in [3.8, 4) is 0 Å². The lowest BCUT2D eigenvalue weighted by Gasteiger charge is -2.25. The highest BCUT2D eigenvalue weighted by Gasteiger charge is 2.29. The van der Waals surface area contributed by atoms with Gasteiger partial charge in [-0.2, -0.15) is 0 Å². The monoisotopic (exact) mass is 325 g/mol. The molecule has 1 fully saturated rings. The Hall–Kier alpha value is -1.07. The summed E-state index contributed by atoms with van der Waals surface area (Å²) in [6.45, 7) is 4.78. The normalized spacial score (nSPS) is 18.8. The molecule has 1 saturated heterocycles. The van der Waals surface area contributed by atoms with E-state index in [4.69, 9.17) is 5.73 Å². The molecule has 0 aliphatic carbocycles. The summed E-state index contributed by atoms with van der Waals surface area (Å²) in [7, 11) is 0. The van der Waals surface area contributed by atoms with Crippen LogP contribution in [0.25, 0.3) is 0 Å². The number of carbonyl (C=O) groups is 1. The third-order valence-electron chi connectivity index (χ3n) is 3.51. The zero-order valence-electron chi connectivity index (χ0n) is 11.2. The molecule has 0 radical (unpaired) electrons. The first-order valence-electron chi connectivity index (χ1n) is 6.68. The van der Waals surface area contributed by atoms with Crippen LogP contribution in [0, 0.1) is 0 Å². The number of nitrogens with one attached hydrogen (secondary N) is 1. The Bertz CT molecular complexity index is 464. The molecule has 1 aromatic rings. The molecule has 1 aliphatic rings. The molecule has 0 spiro atoms. The molecule has 104 valence electrons. The number of halogens is 1. The summed E-state index contributed by atoms with van der Waals surface area (Å²) in [5.41, 5.74) is 7.74. The molecule has 0 aromatic heterocycles. The number of hydrogen-bond acceptors (Lipinski definition) is 3. The Morgan fingerprint density at radius 2 is 2.37 bits per heavy atom. The first-order valence-corrected chi connectivity index (χ1v) is 7.48. The van der Waals surface area contributed by atoms with Gasteiger partial charge in [0.15, 0.2) is 0 Å². The Morgan fingerprint density at radius 3 is 3.00 bits per heavy atom. The highest BCUT2D eigenvalue weighted by molar-refractivity contribution is 9.10. The van der Waals surface area contributed by atoms with E-state index in [0.29, 0.717) is 0 Å². The van der Waals surface area contributed by atoms with E-state index >= 15 is 0 Å². The van der Waals surface area contributed by atoms with Crippen LogP contribution in [0.3, 0.4) is 0 Å². The summed E-state index contributed by atoms with van der Waals surface area (Å²) < 4.78 is 1.07. The average Bonchev–Trinajstić information content (AvgIpc) is 2.86. The van der Waals surface area contributed by atoms with Gasteiger partial charge in [0.05, 0.1) is 0 Å². The van der Waals surface area contributed by atoms with Crippen molar-refractivity contribution in [2.24, 2.45) is 5.73 Å². The largest absolute Gasteiger partial charge is 0.368 e.